The summed E-state index contributed by atoms with van der Waals surface area (Å²) in [5.41, 5.74) is 7.19. The molecule has 0 aliphatic carbocycles. The summed E-state index contributed by atoms with van der Waals surface area (Å²) in [7, 11) is 0. The van der Waals surface area contributed by atoms with E-state index in [1.807, 2.05) is 18.0 Å². The van der Waals surface area contributed by atoms with Gasteiger partial charge in [0.1, 0.15) is 5.82 Å². The quantitative estimate of drug-likeness (QED) is 0.887. The molecule has 1 aliphatic heterocycles. The Hall–Kier alpha value is -0.740. The van der Waals surface area contributed by atoms with Gasteiger partial charge in [-0.15, -0.1) is 0 Å². The monoisotopic (exact) mass is 251 g/mol. The van der Waals surface area contributed by atoms with Crippen LogP contribution in [0.1, 0.15) is 18.9 Å². The highest BCUT2D eigenvalue weighted by Gasteiger charge is 2.12. The van der Waals surface area contributed by atoms with Gasteiger partial charge in [-0.05, 0) is 24.5 Å². The maximum absolute atomic E-state index is 5.94. The Morgan fingerprint density at radius 3 is 2.76 bits per heavy atom. The highest BCUT2D eigenvalue weighted by Crippen LogP contribution is 2.17. The molecule has 1 fully saturated rings. The summed E-state index contributed by atoms with van der Waals surface area (Å²) in [5.74, 6) is 3.54. The van der Waals surface area contributed by atoms with Gasteiger partial charge in [0.25, 0.3) is 0 Å². The minimum Gasteiger partial charge on any atom is -0.355 e. The Labute approximate surface area is 108 Å². The van der Waals surface area contributed by atoms with E-state index in [1.165, 1.54) is 17.1 Å². The van der Waals surface area contributed by atoms with Gasteiger partial charge in [0.2, 0.25) is 0 Å². The van der Waals surface area contributed by atoms with Crippen LogP contribution in [0.4, 0.5) is 5.82 Å². The Morgan fingerprint density at radius 2 is 2.18 bits per heavy atom. The van der Waals surface area contributed by atoms with E-state index in [9.17, 15) is 0 Å². The summed E-state index contributed by atoms with van der Waals surface area (Å²) >= 11 is 2.02. The molecule has 2 N–H and O–H groups in total. The topological polar surface area (TPSA) is 42.1 Å². The minimum absolute atomic E-state index is 0.258. The van der Waals surface area contributed by atoms with E-state index in [4.69, 9.17) is 5.73 Å². The van der Waals surface area contributed by atoms with Gasteiger partial charge in [-0.3, -0.25) is 0 Å². The third kappa shape index (κ3) is 3.61. The lowest BCUT2D eigenvalue weighted by molar-refractivity contribution is 0.645. The number of nitrogens with zero attached hydrogens (tertiary/aromatic N) is 2. The van der Waals surface area contributed by atoms with Crippen LogP contribution in [0.5, 0.6) is 0 Å². The molecular formula is C13H21N3S. The van der Waals surface area contributed by atoms with Gasteiger partial charge in [-0.2, -0.15) is 11.8 Å². The number of pyridine rings is 1. The van der Waals surface area contributed by atoms with E-state index in [1.54, 1.807) is 0 Å². The van der Waals surface area contributed by atoms with Gasteiger partial charge in [0.05, 0.1) is 0 Å². The van der Waals surface area contributed by atoms with Crippen molar-refractivity contribution in [1.29, 1.82) is 0 Å². The predicted molar refractivity (Wildman–Crippen MR) is 75.7 cm³/mol. The normalized spacial score (nSPS) is 18.1. The number of aromatic nitrogens is 1. The van der Waals surface area contributed by atoms with E-state index in [-0.39, 0.29) is 6.04 Å². The van der Waals surface area contributed by atoms with E-state index < -0.39 is 0 Å². The number of hydrogen-bond donors (Lipinski definition) is 1. The van der Waals surface area contributed by atoms with Crippen molar-refractivity contribution in [2.75, 3.05) is 29.5 Å². The molecule has 4 heteroatoms. The molecule has 0 amide bonds. The largest absolute Gasteiger partial charge is 0.355 e. The SMILES string of the molecule is CCC(N)Cc1ccc(N2CCSCC2)nc1. The molecule has 0 aromatic carbocycles. The first-order valence-corrected chi connectivity index (χ1v) is 7.48. The van der Waals surface area contributed by atoms with Crippen LogP contribution in [0, 0.1) is 0 Å². The Kier molecular flexibility index (Phi) is 4.68. The van der Waals surface area contributed by atoms with E-state index >= 15 is 0 Å². The second-order valence-corrected chi connectivity index (χ2v) is 5.72. The fourth-order valence-electron chi connectivity index (χ4n) is 1.96. The lowest BCUT2D eigenvalue weighted by Crippen LogP contribution is -2.33. The molecular weight excluding hydrogens is 230 g/mol. The molecule has 1 atom stereocenters. The fraction of sp³-hybridized carbons (Fsp3) is 0.615. The van der Waals surface area contributed by atoms with Gasteiger partial charge < -0.3 is 10.6 Å². The van der Waals surface area contributed by atoms with Crippen LogP contribution in [0.15, 0.2) is 18.3 Å². The highest BCUT2D eigenvalue weighted by atomic mass is 32.2. The van der Waals surface area contributed by atoms with Gasteiger partial charge in [-0.1, -0.05) is 13.0 Å². The lowest BCUT2D eigenvalue weighted by atomic mass is 10.1. The fourth-order valence-corrected chi connectivity index (χ4v) is 2.87. The molecule has 2 rings (SSSR count). The summed E-state index contributed by atoms with van der Waals surface area (Å²) in [6, 6.07) is 4.56. The molecule has 1 aromatic rings. The molecule has 0 spiro atoms. The summed E-state index contributed by atoms with van der Waals surface area (Å²) in [6.07, 6.45) is 3.93. The van der Waals surface area contributed by atoms with Crippen LogP contribution < -0.4 is 10.6 Å². The van der Waals surface area contributed by atoms with Crippen LogP contribution in [-0.2, 0) is 6.42 Å². The van der Waals surface area contributed by atoms with Crippen molar-refractivity contribution < 1.29 is 0 Å². The number of thioether (sulfide) groups is 1. The lowest BCUT2D eigenvalue weighted by Gasteiger charge is -2.27. The maximum atomic E-state index is 5.94. The summed E-state index contributed by atoms with van der Waals surface area (Å²) in [6.45, 7) is 4.36. The van der Waals surface area contributed by atoms with Crippen molar-refractivity contribution in [2.45, 2.75) is 25.8 Å². The zero-order valence-corrected chi connectivity index (χ0v) is 11.2. The standard InChI is InChI=1S/C13H21N3S/c1-2-12(14)9-11-3-4-13(15-10-11)16-5-7-17-8-6-16/h3-4,10,12H,2,5-9,14H2,1H3. The number of anilines is 1. The van der Waals surface area contributed by atoms with Crippen LogP contribution in [-0.4, -0.2) is 35.6 Å². The van der Waals surface area contributed by atoms with Crippen molar-refractivity contribution >= 4 is 17.6 Å². The second kappa shape index (κ2) is 6.26. The molecule has 2 heterocycles. The van der Waals surface area contributed by atoms with Crippen LogP contribution in [0.25, 0.3) is 0 Å². The van der Waals surface area contributed by atoms with Gasteiger partial charge in [0, 0.05) is 36.8 Å². The Balaban J connectivity index is 1.97. The minimum atomic E-state index is 0.258. The van der Waals surface area contributed by atoms with E-state index in [0.29, 0.717) is 0 Å². The maximum Gasteiger partial charge on any atom is 0.128 e. The zero-order valence-electron chi connectivity index (χ0n) is 10.4. The van der Waals surface area contributed by atoms with E-state index in [0.717, 1.165) is 31.7 Å². The number of nitrogens with two attached hydrogens (primary N) is 1. The second-order valence-electron chi connectivity index (χ2n) is 4.50. The van der Waals surface area contributed by atoms with Gasteiger partial charge in [0.15, 0.2) is 0 Å². The van der Waals surface area contributed by atoms with Crippen LogP contribution in [0.3, 0.4) is 0 Å². The summed E-state index contributed by atoms with van der Waals surface area (Å²) in [5, 5.41) is 0. The average molecular weight is 251 g/mol. The smallest absolute Gasteiger partial charge is 0.128 e. The molecule has 0 radical (unpaired) electrons. The molecule has 0 bridgehead atoms. The van der Waals surface area contributed by atoms with Crippen molar-refractivity contribution in [3.8, 4) is 0 Å². The first-order chi connectivity index (χ1) is 8.29. The summed E-state index contributed by atoms with van der Waals surface area (Å²) < 4.78 is 0. The van der Waals surface area contributed by atoms with Gasteiger partial charge in [-0.25, -0.2) is 4.98 Å². The molecule has 17 heavy (non-hydrogen) atoms. The number of hydrogen-bond acceptors (Lipinski definition) is 4. The molecule has 0 saturated carbocycles. The van der Waals surface area contributed by atoms with Crippen molar-refractivity contribution in [2.24, 2.45) is 5.73 Å². The third-order valence-electron chi connectivity index (χ3n) is 3.17. The molecule has 94 valence electrons. The van der Waals surface area contributed by atoms with Crippen molar-refractivity contribution in [3.63, 3.8) is 0 Å². The van der Waals surface area contributed by atoms with E-state index in [2.05, 4.69) is 28.9 Å². The number of rotatable bonds is 4. The van der Waals surface area contributed by atoms with Crippen molar-refractivity contribution in [3.05, 3.63) is 23.9 Å². The molecule has 1 saturated heterocycles. The molecule has 1 aliphatic rings. The van der Waals surface area contributed by atoms with Crippen LogP contribution >= 0.6 is 11.8 Å². The molecule has 1 aromatic heterocycles. The Morgan fingerprint density at radius 1 is 1.41 bits per heavy atom. The summed E-state index contributed by atoms with van der Waals surface area (Å²) in [4.78, 5) is 6.91. The Bertz CT molecular complexity index is 333. The van der Waals surface area contributed by atoms with Crippen molar-refractivity contribution in [1.82, 2.24) is 4.98 Å². The zero-order chi connectivity index (χ0) is 12.1. The van der Waals surface area contributed by atoms with Crippen LogP contribution in [0.2, 0.25) is 0 Å². The van der Waals surface area contributed by atoms with Gasteiger partial charge >= 0.3 is 0 Å². The average Bonchev–Trinajstić information content (AvgIpc) is 2.40. The molecule has 3 nitrogen and oxygen atoms in total. The predicted octanol–water partition coefficient (Wildman–Crippen LogP) is 1.91. The highest BCUT2D eigenvalue weighted by molar-refractivity contribution is 7.99. The molecule has 1 unspecified atom stereocenters. The first-order valence-electron chi connectivity index (χ1n) is 6.33. The third-order valence-corrected chi connectivity index (χ3v) is 4.11. The first kappa shape index (κ1) is 12.7.